The second-order valence-electron chi connectivity index (χ2n) is 8.06. The Morgan fingerprint density at radius 3 is 1.33 bits per heavy atom. The van der Waals surface area contributed by atoms with Crippen LogP contribution in [0.4, 0.5) is 0 Å². The molecule has 194 valence electrons. The van der Waals surface area contributed by atoms with Gasteiger partial charge in [0.15, 0.2) is 0 Å². The van der Waals surface area contributed by atoms with Crippen LogP contribution in [0.15, 0.2) is 48.5 Å². The zero-order chi connectivity index (χ0) is 27.3. The van der Waals surface area contributed by atoms with Gasteiger partial charge in [-0.1, -0.05) is 55.7 Å². The highest BCUT2D eigenvalue weighted by molar-refractivity contribution is 5.95. The lowest BCUT2D eigenvalue weighted by Crippen LogP contribution is -2.45. The van der Waals surface area contributed by atoms with Crippen molar-refractivity contribution in [2.75, 3.05) is 0 Å². The number of carbonyl (C=O) groups is 5. The summed E-state index contributed by atoms with van der Waals surface area (Å²) in [4.78, 5) is 57.9. The molecule has 0 unspecified atom stereocenters. The van der Waals surface area contributed by atoms with Crippen LogP contribution in [0, 0.1) is 13.8 Å². The third-order valence-corrected chi connectivity index (χ3v) is 5.01. The van der Waals surface area contributed by atoms with E-state index in [1.54, 1.807) is 38.1 Å². The molecule has 0 aromatic heterocycles. The molecule has 0 spiro atoms. The summed E-state index contributed by atoms with van der Waals surface area (Å²) in [5, 5.41) is 18.6. The highest BCUT2D eigenvalue weighted by atomic mass is 16.6. The summed E-state index contributed by atoms with van der Waals surface area (Å²) < 4.78 is 9.64. The second-order valence-corrected chi connectivity index (χ2v) is 8.06. The van der Waals surface area contributed by atoms with Crippen LogP contribution in [-0.2, 0) is 23.9 Å². The van der Waals surface area contributed by atoms with E-state index in [1.165, 1.54) is 24.3 Å². The van der Waals surface area contributed by atoms with Gasteiger partial charge in [0, 0.05) is 12.8 Å². The van der Waals surface area contributed by atoms with E-state index in [0.717, 1.165) is 30.4 Å². The standard InChI is InChI=1S/C20H18O8.C7H14O/c1-11-3-7-13(8-4-11)19(25)27-15(17(21)22)16(18(23)24)28-20(26)14-9-5-12(2)6-10-14;1-3-5-6-7(8)4-2/h3-10,15-16H,1-2H3,(H,21,22)(H,23,24);3-6H2,1-2H3/t15-,16-;/m1./s1. The summed E-state index contributed by atoms with van der Waals surface area (Å²) in [6, 6.07) is 12.1. The Labute approximate surface area is 210 Å². The summed E-state index contributed by atoms with van der Waals surface area (Å²) in [5.41, 5.74) is 1.79. The SMILES string of the molecule is CCCCC(=O)CC.Cc1ccc(C(=O)O[C@@H](C(=O)O)[C@@H](OC(=O)c2ccc(C)cc2)C(=O)O)cc1. The fraction of sp³-hybridized carbons (Fsp3) is 0.370. The molecule has 9 heteroatoms. The first-order chi connectivity index (χ1) is 17.0. The molecule has 0 bridgehead atoms. The third kappa shape index (κ3) is 10.1. The maximum atomic E-state index is 12.2. The molecule has 9 nitrogen and oxygen atoms in total. The van der Waals surface area contributed by atoms with Gasteiger partial charge in [-0.3, -0.25) is 4.79 Å². The average Bonchev–Trinajstić information content (AvgIpc) is 2.85. The minimum Gasteiger partial charge on any atom is -0.478 e. The monoisotopic (exact) mass is 500 g/mol. The van der Waals surface area contributed by atoms with Gasteiger partial charge in [-0.15, -0.1) is 0 Å². The van der Waals surface area contributed by atoms with Crippen molar-refractivity contribution >= 4 is 29.7 Å². The molecule has 2 rings (SSSR count). The number of aryl methyl sites for hydroxylation is 2. The first-order valence-electron chi connectivity index (χ1n) is 11.5. The molecule has 0 aliphatic rings. The van der Waals surface area contributed by atoms with E-state index in [4.69, 9.17) is 9.47 Å². The Balaban J connectivity index is 0.000000697. The third-order valence-electron chi connectivity index (χ3n) is 5.01. The normalized spacial score (nSPS) is 11.8. The van der Waals surface area contributed by atoms with E-state index in [1.807, 2.05) is 6.92 Å². The van der Waals surface area contributed by atoms with Crippen molar-refractivity contribution < 1.29 is 43.7 Å². The van der Waals surface area contributed by atoms with Gasteiger partial charge in [-0.25, -0.2) is 19.2 Å². The number of ketones is 1. The fourth-order valence-electron chi connectivity index (χ4n) is 2.78. The average molecular weight is 501 g/mol. The predicted octanol–water partition coefficient (Wildman–Crippen LogP) is 4.38. The largest absolute Gasteiger partial charge is 0.478 e. The highest BCUT2D eigenvalue weighted by Crippen LogP contribution is 2.14. The van der Waals surface area contributed by atoms with Gasteiger partial charge in [0.1, 0.15) is 5.78 Å². The van der Waals surface area contributed by atoms with Crippen LogP contribution in [0.3, 0.4) is 0 Å². The maximum absolute atomic E-state index is 12.2. The zero-order valence-electron chi connectivity index (χ0n) is 20.9. The highest BCUT2D eigenvalue weighted by Gasteiger charge is 2.41. The Morgan fingerprint density at radius 2 is 1.06 bits per heavy atom. The second kappa shape index (κ2) is 15.1. The Kier molecular flexibility index (Phi) is 12.6. The number of ether oxygens (including phenoxy) is 2. The van der Waals surface area contributed by atoms with Gasteiger partial charge in [0.25, 0.3) is 0 Å². The number of carbonyl (C=O) groups excluding carboxylic acids is 3. The smallest absolute Gasteiger partial charge is 0.349 e. The summed E-state index contributed by atoms with van der Waals surface area (Å²) in [6.45, 7) is 7.60. The predicted molar refractivity (Wildman–Crippen MR) is 131 cm³/mol. The summed E-state index contributed by atoms with van der Waals surface area (Å²) >= 11 is 0. The Morgan fingerprint density at radius 1 is 0.694 bits per heavy atom. The molecule has 2 N–H and O–H groups in total. The van der Waals surface area contributed by atoms with E-state index < -0.39 is 36.1 Å². The molecule has 0 saturated carbocycles. The number of aliphatic carboxylic acids is 2. The minimum atomic E-state index is -2.22. The first kappa shape index (κ1) is 30.0. The van der Waals surface area contributed by atoms with E-state index in [9.17, 15) is 34.2 Å². The van der Waals surface area contributed by atoms with Crippen molar-refractivity contribution in [3.05, 3.63) is 70.8 Å². The van der Waals surface area contributed by atoms with E-state index in [-0.39, 0.29) is 11.1 Å². The number of esters is 2. The van der Waals surface area contributed by atoms with Gasteiger partial charge in [0.2, 0.25) is 12.2 Å². The molecule has 2 aromatic carbocycles. The Bertz CT molecular complexity index is 964. The molecule has 36 heavy (non-hydrogen) atoms. The van der Waals surface area contributed by atoms with Crippen LogP contribution in [-0.4, -0.2) is 52.1 Å². The summed E-state index contributed by atoms with van der Waals surface area (Å²) in [5.74, 6) is -5.23. The molecular formula is C27H32O9. The van der Waals surface area contributed by atoms with Crippen LogP contribution >= 0.6 is 0 Å². The van der Waals surface area contributed by atoms with E-state index in [0.29, 0.717) is 12.2 Å². The number of hydrogen-bond donors (Lipinski definition) is 2. The van der Waals surface area contributed by atoms with Crippen molar-refractivity contribution in [2.45, 2.75) is 65.6 Å². The van der Waals surface area contributed by atoms with Crippen LogP contribution in [0.1, 0.15) is 71.4 Å². The van der Waals surface area contributed by atoms with Crippen molar-refractivity contribution in [1.82, 2.24) is 0 Å². The number of hydrogen-bond acceptors (Lipinski definition) is 7. The molecule has 0 amide bonds. The van der Waals surface area contributed by atoms with Crippen LogP contribution in [0.25, 0.3) is 0 Å². The molecule has 0 aliphatic heterocycles. The molecule has 0 heterocycles. The van der Waals surface area contributed by atoms with Crippen LogP contribution in [0.5, 0.6) is 0 Å². The number of Topliss-reactive ketones (excluding diaryl/α,β-unsaturated/α-hetero) is 1. The number of carboxylic acid groups (broad SMARTS) is 2. The van der Waals surface area contributed by atoms with E-state index >= 15 is 0 Å². The van der Waals surface area contributed by atoms with Gasteiger partial charge in [-0.2, -0.15) is 0 Å². The van der Waals surface area contributed by atoms with Crippen LogP contribution < -0.4 is 0 Å². The molecule has 2 aromatic rings. The minimum absolute atomic E-state index is 0.0332. The molecule has 0 saturated heterocycles. The maximum Gasteiger partial charge on any atom is 0.349 e. The molecule has 0 fully saturated rings. The number of unbranched alkanes of at least 4 members (excludes halogenated alkanes) is 1. The quantitative estimate of drug-likeness (QED) is 0.429. The van der Waals surface area contributed by atoms with Crippen LogP contribution in [0.2, 0.25) is 0 Å². The van der Waals surface area contributed by atoms with Gasteiger partial charge in [0.05, 0.1) is 11.1 Å². The molecular weight excluding hydrogens is 468 g/mol. The number of rotatable bonds is 11. The summed E-state index contributed by atoms with van der Waals surface area (Å²) in [7, 11) is 0. The zero-order valence-corrected chi connectivity index (χ0v) is 20.9. The Hall–Kier alpha value is -4.01. The fourth-order valence-corrected chi connectivity index (χ4v) is 2.78. The van der Waals surface area contributed by atoms with Gasteiger partial charge in [-0.05, 0) is 44.5 Å². The molecule has 0 radical (unpaired) electrons. The number of benzene rings is 2. The van der Waals surface area contributed by atoms with Crippen molar-refractivity contribution in [3.63, 3.8) is 0 Å². The molecule has 2 atom stereocenters. The van der Waals surface area contributed by atoms with Crippen molar-refractivity contribution in [3.8, 4) is 0 Å². The van der Waals surface area contributed by atoms with Gasteiger partial charge < -0.3 is 19.7 Å². The summed E-state index contributed by atoms with van der Waals surface area (Å²) in [6.07, 6.45) is -0.757. The molecule has 0 aliphatic carbocycles. The van der Waals surface area contributed by atoms with Gasteiger partial charge >= 0.3 is 23.9 Å². The van der Waals surface area contributed by atoms with Crippen molar-refractivity contribution in [2.24, 2.45) is 0 Å². The lowest BCUT2D eigenvalue weighted by Gasteiger charge is -2.21. The topological polar surface area (TPSA) is 144 Å². The first-order valence-corrected chi connectivity index (χ1v) is 11.5. The lowest BCUT2D eigenvalue weighted by atomic mass is 10.1. The lowest BCUT2D eigenvalue weighted by molar-refractivity contribution is -0.166. The van der Waals surface area contributed by atoms with E-state index in [2.05, 4.69) is 6.92 Å². The number of carboxylic acids is 2. The van der Waals surface area contributed by atoms with Crippen molar-refractivity contribution in [1.29, 1.82) is 0 Å².